The number of fused-ring (bicyclic) bond motifs is 1. The summed E-state index contributed by atoms with van der Waals surface area (Å²) in [6.07, 6.45) is 4.46. The van der Waals surface area contributed by atoms with Crippen LogP contribution >= 0.6 is 11.8 Å². The van der Waals surface area contributed by atoms with Gasteiger partial charge in [-0.1, -0.05) is 13.8 Å². The van der Waals surface area contributed by atoms with Crippen LogP contribution in [0.15, 0.2) is 11.1 Å². The molecule has 0 bridgehead atoms. The molecule has 0 spiro atoms. The number of nitrogens with zero attached hydrogens (tertiary/aromatic N) is 2. The number of aromatic nitrogens is 1. The minimum absolute atomic E-state index is 0.527. The van der Waals surface area contributed by atoms with Gasteiger partial charge in [-0.15, -0.1) is 11.8 Å². The predicted octanol–water partition coefficient (Wildman–Crippen LogP) is 3.33. The quantitative estimate of drug-likeness (QED) is 0.750. The van der Waals surface area contributed by atoms with Gasteiger partial charge in [0.1, 0.15) is 11.1 Å². The van der Waals surface area contributed by atoms with E-state index in [0.29, 0.717) is 5.25 Å². The summed E-state index contributed by atoms with van der Waals surface area (Å²) in [6, 6.07) is 4.31. The summed E-state index contributed by atoms with van der Waals surface area (Å²) in [5, 5.41) is 10.6. The molecule has 0 N–H and O–H groups in total. The Labute approximate surface area is 101 Å². The third kappa shape index (κ3) is 2.22. The fourth-order valence-electron chi connectivity index (χ4n) is 1.90. The molecular formula is C13H16N2S. The van der Waals surface area contributed by atoms with Crippen LogP contribution in [0, 0.1) is 11.3 Å². The van der Waals surface area contributed by atoms with Gasteiger partial charge in [0.15, 0.2) is 0 Å². The van der Waals surface area contributed by atoms with Gasteiger partial charge >= 0.3 is 0 Å². The number of aryl methyl sites for hydroxylation is 2. The SMILES string of the molecule is CCC(C)Sc1nc2c(cc1C#N)CCC2. The van der Waals surface area contributed by atoms with E-state index in [1.165, 1.54) is 17.7 Å². The molecule has 16 heavy (non-hydrogen) atoms. The van der Waals surface area contributed by atoms with Gasteiger partial charge in [-0.3, -0.25) is 0 Å². The van der Waals surface area contributed by atoms with Crippen molar-refractivity contribution in [1.29, 1.82) is 5.26 Å². The first-order valence-corrected chi connectivity index (χ1v) is 6.72. The summed E-state index contributed by atoms with van der Waals surface area (Å²) in [4.78, 5) is 4.65. The molecule has 0 aromatic carbocycles. The Morgan fingerprint density at radius 2 is 2.38 bits per heavy atom. The highest BCUT2D eigenvalue weighted by Gasteiger charge is 2.17. The van der Waals surface area contributed by atoms with E-state index < -0.39 is 0 Å². The summed E-state index contributed by atoms with van der Waals surface area (Å²) in [5.74, 6) is 0. The van der Waals surface area contributed by atoms with Crippen LogP contribution in [0.5, 0.6) is 0 Å². The van der Waals surface area contributed by atoms with Crippen LogP contribution in [0.2, 0.25) is 0 Å². The van der Waals surface area contributed by atoms with E-state index in [1.807, 2.05) is 6.07 Å². The fourth-order valence-corrected chi connectivity index (χ4v) is 2.84. The lowest BCUT2D eigenvalue weighted by molar-refractivity contribution is 0.882. The summed E-state index contributed by atoms with van der Waals surface area (Å²) in [5.41, 5.74) is 3.25. The zero-order valence-electron chi connectivity index (χ0n) is 9.79. The molecule has 2 rings (SSSR count). The fraction of sp³-hybridized carbons (Fsp3) is 0.538. The average Bonchev–Trinajstić information content (AvgIpc) is 2.74. The zero-order chi connectivity index (χ0) is 11.5. The molecule has 1 aromatic rings. The molecule has 3 heteroatoms. The van der Waals surface area contributed by atoms with Gasteiger partial charge in [0.05, 0.1) is 5.56 Å². The molecule has 84 valence electrons. The number of rotatable bonds is 3. The number of hydrogen-bond acceptors (Lipinski definition) is 3. The van der Waals surface area contributed by atoms with E-state index in [2.05, 4.69) is 24.9 Å². The van der Waals surface area contributed by atoms with Gasteiger partial charge in [0.25, 0.3) is 0 Å². The van der Waals surface area contributed by atoms with Crippen molar-refractivity contribution >= 4 is 11.8 Å². The van der Waals surface area contributed by atoms with E-state index in [9.17, 15) is 0 Å². The maximum Gasteiger partial charge on any atom is 0.114 e. The monoisotopic (exact) mass is 232 g/mol. The van der Waals surface area contributed by atoms with E-state index in [-0.39, 0.29) is 0 Å². The van der Waals surface area contributed by atoms with Gasteiger partial charge in [-0.25, -0.2) is 4.98 Å². The Kier molecular flexibility index (Phi) is 3.50. The van der Waals surface area contributed by atoms with Gasteiger partial charge in [-0.05, 0) is 37.3 Å². The average molecular weight is 232 g/mol. The molecule has 0 amide bonds. The molecule has 0 fully saturated rings. The Bertz CT molecular complexity index is 434. The Hall–Kier alpha value is -1.01. The highest BCUT2D eigenvalue weighted by atomic mass is 32.2. The summed E-state index contributed by atoms with van der Waals surface area (Å²) in [6.45, 7) is 4.35. The van der Waals surface area contributed by atoms with Crippen molar-refractivity contribution in [3.63, 3.8) is 0 Å². The third-order valence-corrected chi connectivity index (χ3v) is 4.29. The highest BCUT2D eigenvalue weighted by molar-refractivity contribution is 7.99. The minimum Gasteiger partial charge on any atom is -0.245 e. The molecular weight excluding hydrogens is 216 g/mol. The topological polar surface area (TPSA) is 36.7 Å². The van der Waals surface area contributed by atoms with Crippen LogP contribution in [-0.4, -0.2) is 10.2 Å². The number of pyridine rings is 1. The number of nitriles is 1. The van der Waals surface area contributed by atoms with Crippen molar-refractivity contribution in [2.75, 3.05) is 0 Å². The molecule has 0 saturated carbocycles. The van der Waals surface area contributed by atoms with Crippen molar-refractivity contribution in [2.24, 2.45) is 0 Å². The molecule has 1 unspecified atom stereocenters. The summed E-state index contributed by atoms with van der Waals surface area (Å²) >= 11 is 1.73. The number of hydrogen-bond donors (Lipinski definition) is 0. The second-order valence-electron chi connectivity index (χ2n) is 4.25. The lowest BCUT2D eigenvalue weighted by atomic mass is 10.2. The molecule has 2 nitrogen and oxygen atoms in total. The second kappa shape index (κ2) is 4.88. The van der Waals surface area contributed by atoms with Crippen LogP contribution in [0.25, 0.3) is 0 Å². The first kappa shape index (κ1) is 11.5. The smallest absolute Gasteiger partial charge is 0.114 e. The minimum atomic E-state index is 0.527. The molecule has 1 aliphatic rings. The Morgan fingerprint density at radius 3 is 3.06 bits per heavy atom. The summed E-state index contributed by atoms with van der Waals surface area (Å²) < 4.78 is 0. The molecule has 0 saturated heterocycles. The first-order chi connectivity index (χ1) is 7.74. The van der Waals surface area contributed by atoms with Crippen molar-refractivity contribution in [3.05, 3.63) is 22.9 Å². The lowest BCUT2D eigenvalue weighted by Gasteiger charge is -2.10. The lowest BCUT2D eigenvalue weighted by Crippen LogP contribution is -1.99. The van der Waals surface area contributed by atoms with Crippen molar-refractivity contribution in [3.8, 4) is 6.07 Å². The Balaban J connectivity index is 2.33. The van der Waals surface area contributed by atoms with Crippen molar-refractivity contribution < 1.29 is 0 Å². The van der Waals surface area contributed by atoms with Crippen LogP contribution in [0.1, 0.15) is 43.5 Å². The summed E-state index contributed by atoms with van der Waals surface area (Å²) in [7, 11) is 0. The van der Waals surface area contributed by atoms with E-state index in [0.717, 1.165) is 29.9 Å². The van der Waals surface area contributed by atoms with E-state index in [4.69, 9.17) is 5.26 Å². The second-order valence-corrected chi connectivity index (χ2v) is 5.68. The standard InChI is InChI=1S/C13H16N2S/c1-3-9(2)16-13-11(8-14)7-10-5-4-6-12(10)15-13/h7,9H,3-6H2,1-2H3. The highest BCUT2D eigenvalue weighted by Crippen LogP contribution is 2.30. The Morgan fingerprint density at radius 1 is 1.56 bits per heavy atom. The number of thioether (sulfide) groups is 1. The van der Waals surface area contributed by atoms with Gasteiger partial charge in [-0.2, -0.15) is 5.26 Å². The maximum atomic E-state index is 9.13. The van der Waals surface area contributed by atoms with Gasteiger partial charge in [0.2, 0.25) is 0 Å². The third-order valence-electron chi connectivity index (χ3n) is 3.02. The van der Waals surface area contributed by atoms with E-state index >= 15 is 0 Å². The predicted molar refractivity (Wildman–Crippen MR) is 66.6 cm³/mol. The van der Waals surface area contributed by atoms with Crippen LogP contribution in [0.4, 0.5) is 0 Å². The van der Waals surface area contributed by atoms with E-state index in [1.54, 1.807) is 11.8 Å². The molecule has 1 heterocycles. The molecule has 0 radical (unpaired) electrons. The molecule has 1 aliphatic carbocycles. The first-order valence-electron chi connectivity index (χ1n) is 5.84. The van der Waals surface area contributed by atoms with Crippen molar-refractivity contribution in [1.82, 2.24) is 4.98 Å². The van der Waals surface area contributed by atoms with Crippen LogP contribution in [0.3, 0.4) is 0 Å². The van der Waals surface area contributed by atoms with Crippen LogP contribution < -0.4 is 0 Å². The van der Waals surface area contributed by atoms with Crippen LogP contribution in [-0.2, 0) is 12.8 Å². The normalized spacial score (nSPS) is 15.6. The molecule has 1 atom stereocenters. The largest absolute Gasteiger partial charge is 0.245 e. The molecule has 0 aliphatic heterocycles. The maximum absolute atomic E-state index is 9.13. The zero-order valence-corrected chi connectivity index (χ0v) is 10.6. The van der Waals surface area contributed by atoms with Crippen molar-refractivity contribution in [2.45, 2.75) is 49.8 Å². The van der Waals surface area contributed by atoms with Gasteiger partial charge < -0.3 is 0 Å². The molecule has 1 aromatic heterocycles. The van der Waals surface area contributed by atoms with Gasteiger partial charge in [0, 0.05) is 10.9 Å².